The van der Waals surface area contributed by atoms with Crippen LogP contribution in [0.1, 0.15) is 30.9 Å². The normalized spacial score (nSPS) is 27.9. The van der Waals surface area contributed by atoms with Crippen LogP contribution < -0.4 is 10.9 Å². The quantitative estimate of drug-likeness (QED) is 0.797. The van der Waals surface area contributed by atoms with Crippen molar-refractivity contribution in [3.63, 3.8) is 0 Å². The number of rotatable bonds is 3. The maximum Gasteiger partial charge on any atom is 0.306 e. The number of carbonyl (C=O) groups is 1. The van der Waals surface area contributed by atoms with Gasteiger partial charge in [0.05, 0.1) is 12.1 Å². The summed E-state index contributed by atoms with van der Waals surface area (Å²) in [6.07, 6.45) is 2.67. The minimum atomic E-state index is -0.663. The Hall–Kier alpha value is -1.14. The number of hydrazine groups is 1. The Morgan fingerprint density at radius 1 is 1.29 bits per heavy atom. The maximum absolute atomic E-state index is 11.0. The van der Waals surface area contributed by atoms with Crippen molar-refractivity contribution >= 4 is 17.6 Å². The van der Waals surface area contributed by atoms with E-state index in [-0.39, 0.29) is 18.1 Å². The van der Waals surface area contributed by atoms with Crippen LogP contribution in [-0.4, -0.2) is 35.2 Å². The minimum absolute atomic E-state index is 0.181. The number of halogens is 1. The van der Waals surface area contributed by atoms with E-state index in [9.17, 15) is 4.79 Å². The third kappa shape index (κ3) is 3.37. The third-order valence-corrected chi connectivity index (χ3v) is 4.69. The fraction of sp³-hybridized carbons (Fsp3) is 0.533. The SMILES string of the molecule is O=C(O)C1CCN(C2CC(c3cccc(Cl)c3)NN2)CC1. The molecule has 2 heterocycles. The van der Waals surface area contributed by atoms with E-state index < -0.39 is 5.97 Å². The predicted octanol–water partition coefficient (Wildman–Crippen LogP) is 2.00. The Morgan fingerprint density at radius 3 is 2.71 bits per heavy atom. The Labute approximate surface area is 129 Å². The summed E-state index contributed by atoms with van der Waals surface area (Å²) in [5, 5.41) is 9.80. The van der Waals surface area contributed by atoms with Gasteiger partial charge in [-0.15, -0.1) is 0 Å². The second kappa shape index (κ2) is 6.32. The van der Waals surface area contributed by atoms with Gasteiger partial charge in [0.25, 0.3) is 0 Å². The monoisotopic (exact) mass is 309 g/mol. The highest BCUT2D eigenvalue weighted by Crippen LogP contribution is 2.28. The van der Waals surface area contributed by atoms with Gasteiger partial charge in [-0.25, -0.2) is 10.9 Å². The van der Waals surface area contributed by atoms with E-state index in [1.165, 1.54) is 5.56 Å². The fourth-order valence-electron chi connectivity index (χ4n) is 3.18. The summed E-state index contributed by atoms with van der Waals surface area (Å²) in [5.41, 5.74) is 7.82. The van der Waals surface area contributed by atoms with E-state index in [1.807, 2.05) is 18.2 Å². The molecule has 5 nitrogen and oxygen atoms in total. The van der Waals surface area contributed by atoms with Crippen LogP contribution >= 0.6 is 11.6 Å². The minimum Gasteiger partial charge on any atom is -0.481 e. The molecule has 0 amide bonds. The number of aliphatic carboxylic acids is 1. The molecule has 2 unspecified atom stereocenters. The molecule has 0 saturated carbocycles. The molecule has 2 atom stereocenters. The molecule has 1 aromatic rings. The van der Waals surface area contributed by atoms with Crippen LogP contribution in [0.15, 0.2) is 24.3 Å². The first-order valence-corrected chi connectivity index (χ1v) is 7.74. The van der Waals surface area contributed by atoms with Gasteiger partial charge in [0, 0.05) is 24.2 Å². The summed E-state index contributed by atoms with van der Waals surface area (Å²) >= 11 is 6.04. The van der Waals surface area contributed by atoms with E-state index in [2.05, 4.69) is 21.8 Å². The predicted molar refractivity (Wildman–Crippen MR) is 80.8 cm³/mol. The zero-order valence-corrected chi connectivity index (χ0v) is 12.5. The zero-order chi connectivity index (χ0) is 14.8. The van der Waals surface area contributed by atoms with Gasteiger partial charge < -0.3 is 5.11 Å². The Balaban J connectivity index is 1.57. The van der Waals surface area contributed by atoms with Crippen molar-refractivity contribution in [2.24, 2.45) is 5.92 Å². The largest absolute Gasteiger partial charge is 0.481 e. The van der Waals surface area contributed by atoms with Crippen LogP contribution in [0.25, 0.3) is 0 Å². The molecule has 0 aromatic heterocycles. The molecular weight excluding hydrogens is 290 g/mol. The van der Waals surface area contributed by atoms with Crippen LogP contribution in [0.2, 0.25) is 5.02 Å². The lowest BCUT2D eigenvalue weighted by molar-refractivity contribution is -0.143. The third-order valence-electron chi connectivity index (χ3n) is 4.45. The van der Waals surface area contributed by atoms with Gasteiger partial charge in [0.2, 0.25) is 0 Å². The summed E-state index contributed by atoms with van der Waals surface area (Å²) in [6, 6.07) is 8.14. The Bertz CT molecular complexity index is 517. The summed E-state index contributed by atoms with van der Waals surface area (Å²) in [4.78, 5) is 13.3. The first-order valence-electron chi connectivity index (χ1n) is 7.37. The first-order chi connectivity index (χ1) is 10.1. The number of carboxylic acid groups (broad SMARTS) is 1. The maximum atomic E-state index is 11.0. The van der Waals surface area contributed by atoms with Crippen molar-refractivity contribution < 1.29 is 9.90 Å². The van der Waals surface area contributed by atoms with Gasteiger partial charge in [-0.1, -0.05) is 23.7 Å². The molecule has 0 radical (unpaired) electrons. The van der Waals surface area contributed by atoms with Crippen LogP contribution in [0, 0.1) is 5.92 Å². The van der Waals surface area contributed by atoms with Gasteiger partial charge in [-0.2, -0.15) is 0 Å². The Kier molecular flexibility index (Phi) is 4.45. The molecule has 2 fully saturated rings. The van der Waals surface area contributed by atoms with E-state index in [0.717, 1.165) is 37.4 Å². The number of likely N-dealkylation sites (tertiary alicyclic amines) is 1. The molecule has 6 heteroatoms. The van der Waals surface area contributed by atoms with Crippen molar-refractivity contribution in [3.8, 4) is 0 Å². The lowest BCUT2D eigenvalue weighted by Crippen LogP contribution is -2.48. The molecule has 2 aliphatic rings. The number of benzene rings is 1. The van der Waals surface area contributed by atoms with Crippen molar-refractivity contribution in [1.29, 1.82) is 0 Å². The van der Waals surface area contributed by atoms with E-state index in [4.69, 9.17) is 16.7 Å². The van der Waals surface area contributed by atoms with E-state index in [0.29, 0.717) is 0 Å². The van der Waals surface area contributed by atoms with Crippen molar-refractivity contribution in [3.05, 3.63) is 34.9 Å². The van der Waals surface area contributed by atoms with Crippen LogP contribution in [0.5, 0.6) is 0 Å². The second-order valence-electron chi connectivity index (χ2n) is 5.80. The number of carboxylic acids is 1. The highest BCUT2D eigenvalue weighted by atomic mass is 35.5. The molecule has 3 N–H and O–H groups in total. The number of hydrogen-bond donors (Lipinski definition) is 3. The molecule has 0 bridgehead atoms. The highest BCUT2D eigenvalue weighted by molar-refractivity contribution is 6.30. The fourth-order valence-corrected chi connectivity index (χ4v) is 3.38. The van der Waals surface area contributed by atoms with E-state index in [1.54, 1.807) is 0 Å². The molecule has 2 aliphatic heterocycles. The van der Waals surface area contributed by atoms with Crippen molar-refractivity contribution in [2.75, 3.05) is 13.1 Å². The summed E-state index contributed by atoms with van der Waals surface area (Å²) in [6.45, 7) is 1.66. The molecule has 0 spiro atoms. The lowest BCUT2D eigenvalue weighted by atomic mass is 9.96. The topological polar surface area (TPSA) is 64.6 Å². The average molecular weight is 310 g/mol. The molecule has 0 aliphatic carbocycles. The summed E-state index contributed by atoms with van der Waals surface area (Å²) in [7, 11) is 0. The van der Waals surface area contributed by atoms with Gasteiger partial charge in [0.15, 0.2) is 0 Å². The smallest absolute Gasteiger partial charge is 0.306 e. The van der Waals surface area contributed by atoms with Crippen molar-refractivity contribution in [2.45, 2.75) is 31.5 Å². The number of nitrogens with zero attached hydrogens (tertiary/aromatic N) is 1. The van der Waals surface area contributed by atoms with Crippen LogP contribution in [0.3, 0.4) is 0 Å². The van der Waals surface area contributed by atoms with Crippen LogP contribution in [-0.2, 0) is 4.79 Å². The molecule has 1 aromatic carbocycles. The molecular formula is C15H20ClN3O2. The van der Waals surface area contributed by atoms with Crippen molar-refractivity contribution in [1.82, 2.24) is 15.8 Å². The second-order valence-corrected chi connectivity index (χ2v) is 6.23. The zero-order valence-electron chi connectivity index (χ0n) is 11.8. The van der Waals surface area contributed by atoms with Gasteiger partial charge in [0.1, 0.15) is 0 Å². The Morgan fingerprint density at radius 2 is 2.05 bits per heavy atom. The molecule has 2 saturated heterocycles. The highest BCUT2D eigenvalue weighted by Gasteiger charge is 2.33. The van der Waals surface area contributed by atoms with Gasteiger partial charge >= 0.3 is 5.97 Å². The van der Waals surface area contributed by atoms with Gasteiger partial charge in [-0.3, -0.25) is 9.69 Å². The number of nitrogens with one attached hydrogen (secondary N) is 2. The number of hydrogen-bond acceptors (Lipinski definition) is 4. The van der Waals surface area contributed by atoms with Gasteiger partial charge in [-0.05, 0) is 37.0 Å². The number of piperidine rings is 1. The summed E-state index contributed by atoms with van der Waals surface area (Å²) in [5.74, 6) is -0.844. The average Bonchev–Trinajstić information content (AvgIpc) is 2.97. The first kappa shape index (κ1) is 14.8. The standard InChI is InChI=1S/C15H20ClN3O2/c16-12-3-1-2-11(8-12)13-9-14(18-17-13)19-6-4-10(5-7-19)15(20)21/h1-3,8,10,13-14,17-18H,4-7,9H2,(H,20,21). The van der Waals surface area contributed by atoms with E-state index >= 15 is 0 Å². The molecule has 114 valence electrons. The molecule has 21 heavy (non-hydrogen) atoms. The lowest BCUT2D eigenvalue weighted by Gasteiger charge is -2.34. The summed E-state index contributed by atoms with van der Waals surface area (Å²) < 4.78 is 0. The van der Waals surface area contributed by atoms with Crippen LogP contribution in [0.4, 0.5) is 0 Å². The molecule has 3 rings (SSSR count).